The van der Waals surface area contributed by atoms with Crippen LogP contribution in [-0.4, -0.2) is 59.6 Å². The summed E-state index contributed by atoms with van der Waals surface area (Å²) in [5.74, 6) is 0.831. The van der Waals surface area contributed by atoms with Gasteiger partial charge in [0.2, 0.25) is 5.91 Å². The summed E-state index contributed by atoms with van der Waals surface area (Å²) in [4.78, 5) is 41.2. The van der Waals surface area contributed by atoms with Crippen LogP contribution < -0.4 is 5.32 Å². The Morgan fingerprint density at radius 1 is 1.12 bits per heavy atom. The van der Waals surface area contributed by atoms with Crippen molar-refractivity contribution in [1.29, 1.82) is 0 Å². The molecule has 3 rings (SSSR count). The van der Waals surface area contributed by atoms with Gasteiger partial charge >= 0.3 is 0 Å². The van der Waals surface area contributed by atoms with Crippen molar-refractivity contribution in [3.05, 3.63) is 40.3 Å². The molecule has 2 saturated heterocycles. The molecule has 0 bridgehead atoms. The number of imide groups is 1. The molecule has 6 nitrogen and oxygen atoms in total. The molecule has 0 aromatic heterocycles. The Bertz CT molecular complexity index is 879. The SMILES string of the molecule is C[C@H]1C[C@H](C)CN(CC(=O)NCCN2C(=O)S/C(=C\c3ccc(C(C)(C)C)cc3)C2=O)C1. The van der Waals surface area contributed by atoms with Gasteiger partial charge in [0.25, 0.3) is 11.1 Å². The van der Waals surface area contributed by atoms with E-state index in [0.29, 0.717) is 23.3 Å². The summed E-state index contributed by atoms with van der Waals surface area (Å²) in [5, 5.41) is 2.57. The van der Waals surface area contributed by atoms with Crippen LogP contribution in [0.25, 0.3) is 6.08 Å². The third-order valence-electron chi connectivity index (χ3n) is 5.92. The Morgan fingerprint density at radius 2 is 1.75 bits per heavy atom. The summed E-state index contributed by atoms with van der Waals surface area (Å²) in [6.07, 6.45) is 2.96. The zero-order valence-corrected chi connectivity index (χ0v) is 20.6. The average Bonchev–Trinajstić information content (AvgIpc) is 2.94. The van der Waals surface area contributed by atoms with Crippen LogP contribution in [0.2, 0.25) is 0 Å². The largest absolute Gasteiger partial charge is 0.353 e. The van der Waals surface area contributed by atoms with Gasteiger partial charge in [0.1, 0.15) is 0 Å². The molecule has 0 aliphatic carbocycles. The fourth-order valence-electron chi connectivity index (χ4n) is 4.41. The molecule has 1 aromatic rings. The summed E-state index contributed by atoms with van der Waals surface area (Å²) < 4.78 is 0. The molecule has 0 radical (unpaired) electrons. The molecular formula is C25H35N3O3S. The normalized spacial score (nSPS) is 23.8. The van der Waals surface area contributed by atoms with Gasteiger partial charge in [-0.05, 0) is 52.6 Å². The topological polar surface area (TPSA) is 69.7 Å². The molecule has 0 saturated carbocycles. The van der Waals surface area contributed by atoms with Gasteiger partial charge in [-0.1, -0.05) is 58.9 Å². The molecule has 2 fully saturated rings. The van der Waals surface area contributed by atoms with Gasteiger partial charge in [-0.2, -0.15) is 0 Å². The van der Waals surface area contributed by atoms with Crippen molar-refractivity contribution in [1.82, 2.24) is 15.1 Å². The fourth-order valence-corrected chi connectivity index (χ4v) is 5.28. The minimum absolute atomic E-state index is 0.0608. The predicted octanol–water partition coefficient (Wildman–Crippen LogP) is 4.11. The van der Waals surface area contributed by atoms with E-state index in [-0.39, 0.29) is 35.6 Å². The molecule has 1 N–H and O–H groups in total. The number of hydrogen-bond acceptors (Lipinski definition) is 5. The minimum atomic E-state index is -0.298. The van der Waals surface area contributed by atoms with Crippen LogP contribution >= 0.6 is 11.8 Å². The highest BCUT2D eigenvalue weighted by Gasteiger charge is 2.34. The van der Waals surface area contributed by atoms with Crippen molar-refractivity contribution < 1.29 is 14.4 Å². The first-order valence-corrected chi connectivity index (χ1v) is 12.2. The first kappa shape index (κ1) is 24.5. The third kappa shape index (κ3) is 6.45. The van der Waals surface area contributed by atoms with Crippen molar-refractivity contribution in [2.75, 3.05) is 32.7 Å². The number of hydrogen-bond donors (Lipinski definition) is 1. The second-order valence-electron chi connectivity index (χ2n) is 10.2. The quantitative estimate of drug-likeness (QED) is 0.651. The Hall–Kier alpha value is -2.12. The van der Waals surface area contributed by atoms with E-state index < -0.39 is 0 Å². The third-order valence-corrected chi connectivity index (χ3v) is 6.82. The molecule has 3 amide bonds. The lowest BCUT2D eigenvalue weighted by Gasteiger charge is -2.34. The smallest absolute Gasteiger partial charge is 0.293 e. The molecule has 2 atom stereocenters. The maximum Gasteiger partial charge on any atom is 0.293 e. The number of carbonyl (C=O) groups is 3. The number of amides is 3. The van der Waals surface area contributed by atoms with E-state index in [2.05, 4.69) is 57.0 Å². The summed E-state index contributed by atoms with van der Waals surface area (Å²) in [6, 6.07) is 8.04. The van der Waals surface area contributed by atoms with Gasteiger partial charge in [-0.3, -0.25) is 24.2 Å². The van der Waals surface area contributed by atoms with Crippen LogP contribution in [0.4, 0.5) is 4.79 Å². The molecule has 1 aromatic carbocycles. The van der Waals surface area contributed by atoms with Gasteiger partial charge < -0.3 is 5.32 Å². The maximum atomic E-state index is 12.7. The fraction of sp³-hybridized carbons (Fsp3) is 0.560. The van der Waals surface area contributed by atoms with Crippen LogP contribution in [0.5, 0.6) is 0 Å². The monoisotopic (exact) mass is 457 g/mol. The van der Waals surface area contributed by atoms with Crippen LogP contribution in [-0.2, 0) is 15.0 Å². The number of carbonyl (C=O) groups excluding carboxylic acids is 3. The second-order valence-corrected chi connectivity index (χ2v) is 11.2. The lowest BCUT2D eigenvalue weighted by Crippen LogP contribution is -2.46. The number of piperidine rings is 1. The second kappa shape index (κ2) is 10.2. The molecule has 2 heterocycles. The highest BCUT2D eigenvalue weighted by molar-refractivity contribution is 8.18. The van der Waals surface area contributed by atoms with E-state index in [1.165, 1.54) is 16.9 Å². The number of rotatable bonds is 6. The van der Waals surface area contributed by atoms with Crippen molar-refractivity contribution in [3.8, 4) is 0 Å². The lowest BCUT2D eigenvalue weighted by atomic mass is 9.87. The van der Waals surface area contributed by atoms with Gasteiger partial charge in [0.15, 0.2) is 0 Å². The highest BCUT2D eigenvalue weighted by Crippen LogP contribution is 2.32. The Morgan fingerprint density at radius 3 is 2.34 bits per heavy atom. The summed E-state index contributed by atoms with van der Waals surface area (Å²) >= 11 is 0.952. The molecule has 0 unspecified atom stereocenters. The minimum Gasteiger partial charge on any atom is -0.353 e. The number of likely N-dealkylation sites (tertiary alicyclic amines) is 1. The van der Waals surface area contributed by atoms with Gasteiger partial charge in [-0.15, -0.1) is 0 Å². The zero-order chi connectivity index (χ0) is 23.5. The van der Waals surface area contributed by atoms with Gasteiger partial charge in [0, 0.05) is 26.2 Å². The standard InChI is InChI=1S/C25H35N3O3S/c1-17-12-18(2)15-27(14-17)16-22(29)26-10-11-28-23(30)21(32-24(28)31)13-19-6-8-20(9-7-19)25(3,4)5/h6-9,13,17-18H,10-12,14-16H2,1-5H3,(H,26,29)/b21-13-/t17-,18-/m0/s1. The molecule has 0 spiro atoms. The first-order valence-electron chi connectivity index (χ1n) is 11.4. The van der Waals surface area contributed by atoms with Gasteiger partial charge in [-0.25, -0.2) is 0 Å². The summed E-state index contributed by atoms with van der Waals surface area (Å²) in [6.45, 7) is 13.6. The van der Waals surface area contributed by atoms with E-state index in [1.54, 1.807) is 6.08 Å². The number of benzene rings is 1. The Labute approximate surface area is 195 Å². The summed E-state index contributed by atoms with van der Waals surface area (Å²) in [5.41, 5.74) is 2.17. The van der Waals surface area contributed by atoms with Crippen LogP contribution in [0, 0.1) is 11.8 Å². The summed E-state index contributed by atoms with van der Waals surface area (Å²) in [7, 11) is 0. The molecule has 2 aliphatic rings. The maximum absolute atomic E-state index is 12.7. The Balaban J connectivity index is 1.50. The number of nitrogens with zero attached hydrogens (tertiary/aromatic N) is 2. The van der Waals surface area contributed by atoms with E-state index in [4.69, 9.17) is 0 Å². The van der Waals surface area contributed by atoms with E-state index in [0.717, 1.165) is 30.4 Å². The Kier molecular flexibility index (Phi) is 7.83. The molecule has 7 heteroatoms. The van der Waals surface area contributed by atoms with Crippen LogP contribution in [0.15, 0.2) is 29.2 Å². The van der Waals surface area contributed by atoms with E-state index in [1.807, 2.05) is 12.1 Å². The van der Waals surface area contributed by atoms with E-state index in [9.17, 15) is 14.4 Å². The van der Waals surface area contributed by atoms with E-state index >= 15 is 0 Å². The molecule has 174 valence electrons. The molecule has 32 heavy (non-hydrogen) atoms. The number of thioether (sulfide) groups is 1. The first-order chi connectivity index (χ1) is 15.0. The number of nitrogens with one attached hydrogen (secondary N) is 1. The highest BCUT2D eigenvalue weighted by atomic mass is 32.2. The van der Waals surface area contributed by atoms with Crippen molar-refractivity contribution >= 4 is 34.9 Å². The molecule has 2 aliphatic heterocycles. The zero-order valence-electron chi connectivity index (χ0n) is 19.8. The van der Waals surface area contributed by atoms with Crippen molar-refractivity contribution in [2.45, 2.75) is 46.5 Å². The predicted molar refractivity (Wildman–Crippen MR) is 130 cm³/mol. The average molecular weight is 458 g/mol. The van der Waals surface area contributed by atoms with Crippen molar-refractivity contribution in [2.24, 2.45) is 11.8 Å². The van der Waals surface area contributed by atoms with Gasteiger partial charge in [0.05, 0.1) is 11.4 Å². The van der Waals surface area contributed by atoms with Crippen LogP contribution in [0.3, 0.4) is 0 Å². The van der Waals surface area contributed by atoms with Crippen molar-refractivity contribution in [3.63, 3.8) is 0 Å². The van der Waals surface area contributed by atoms with Crippen LogP contribution in [0.1, 0.15) is 52.2 Å². The molecular weight excluding hydrogens is 422 g/mol. The lowest BCUT2D eigenvalue weighted by molar-refractivity contribution is -0.125.